The number of carbonyl (C=O) groups is 2. The Kier molecular flexibility index (Phi) is 7.39. The molecule has 7 heteroatoms. The number of hydrogen-bond donors (Lipinski definition) is 1. The van der Waals surface area contributed by atoms with E-state index in [9.17, 15) is 14.0 Å². The van der Waals surface area contributed by atoms with Gasteiger partial charge in [0.25, 0.3) is 5.91 Å². The standard InChI is InChI=1S/C21H30FN3O3/c1-28-14-10-23-20(26)16-5-4-11-25(15-16)17-8-12-24(13-9-17)21(27)18-6-2-3-7-19(18)22/h2-3,6-7,16-17H,4-5,8-15H2,1H3,(H,23,26)/t16-/m0/s1. The van der Waals surface area contributed by atoms with Gasteiger partial charge in [-0.15, -0.1) is 0 Å². The van der Waals surface area contributed by atoms with Gasteiger partial charge in [0.1, 0.15) is 5.82 Å². The predicted molar refractivity (Wildman–Crippen MR) is 105 cm³/mol. The first-order valence-corrected chi connectivity index (χ1v) is 10.1. The summed E-state index contributed by atoms with van der Waals surface area (Å²) in [4.78, 5) is 29.1. The predicted octanol–water partition coefficient (Wildman–Crippen LogP) is 1.90. The molecule has 1 N–H and O–H groups in total. The number of ether oxygens (including phenoxy) is 1. The minimum atomic E-state index is -0.465. The Morgan fingerprint density at radius 3 is 2.64 bits per heavy atom. The Morgan fingerprint density at radius 2 is 1.93 bits per heavy atom. The van der Waals surface area contributed by atoms with Crippen molar-refractivity contribution in [1.29, 1.82) is 0 Å². The van der Waals surface area contributed by atoms with Crippen LogP contribution in [0.4, 0.5) is 4.39 Å². The number of hydrogen-bond acceptors (Lipinski definition) is 4. The zero-order valence-corrected chi connectivity index (χ0v) is 16.5. The molecule has 0 spiro atoms. The fraction of sp³-hybridized carbons (Fsp3) is 0.619. The maximum atomic E-state index is 13.9. The maximum Gasteiger partial charge on any atom is 0.256 e. The molecule has 28 heavy (non-hydrogen) atoms. The average Bonchev–Trinajstić information content (AvgIpc) is 2.74. The lowest BCUT2D eigenvalue weighted by molar-refractivity contribution is -0.127. The molecule has 1 aromatic rings. The summed E-state index contributed by atoms with van der Waals surface area (Å²) >= 11 is 0. The highest BCUT2D eigenvalue weighted by atomic mass is 19.1. The van der Waals surface area contributed by atoms with E-state index in [0.29, 0.717) is 32.3 Å². The second kappa shape index (κ2) is 9.98. The molecule has 0 aliphatic carbocycles. The van der Waals surface area contributed by atoms with Crippen LogP contribution in [-0.4, -0.2) is 74.1 Å². The molecular formula is C21H30FN3O3. The van der Waals surface area contributed by atoms with E-state index >= 15 is 0 Å². The SMILES string of the molecule is COCCNC(=O)[C@H]1CCCN(C2CCN(C(=O)c3ccccc3F)CC2)C1. The zero-order chi connectivity index (χ0) is 19.9. The maximum absolute atomic E-state index is 13.9. The van der Waals surface area contributed by atoms with Gasteiger partial charge in [-0.3, -0.25) is 14.5 Å². The molecule has 2 aliphatic heterocycles. The van der Waals surface area contributed by atoms with Crippen LogP contribution in [0.2, 0.25) is 0 Å². The molecule has 0 unspecified atom stereocenters. The van der Waals surface area contributed by atoms with Gasteiger partial charge in [0, 0.05) is 39.3 Å². The summed E-state index contributed by atoms with van der Waals surface area (Å²) in [5, 5.41) is 2.94. The highest BCUT2D eigenvalue weighted by molar-refractivity contribution is 5.94. The number of nitrogens with zero attached hydrogens (tertiary/aromatic N) is 2. The lowest BCUT2D eigenvalue weighted by Crippen LogP contribution is -2.51. The fourth-order valence-electron chi connectivity index (χ4n) is 4.21. The monoisotopic (exact) mass is 391 g/mol. The Morgan fingerprint density at radius 1 is 1.18 bits per heavy atom. The largest absolute Gasteiger partial charge is 0.383 e. The van der Waals surface area contributed by atoms with Crippen molar-refractivity contribution in [3.63, 3.8) is 0 Å². The molecule has 0 radical (unpaired) electrons. The summed E-state index contributed by atoms with van der Waals surface area (Å²) in [5.74, 6) is -0.573. The van der Waals surface area contributed by atoms with E-state index < -0.39 is 5.82 Å². The summed E-state index contributed by atoms with van der Waals surface area (Å²) in [6.07, 6.45) is 3.65. The van der Waals surface area contributed by atoms with E-state index in [1.807, 2.05) is 0 Å². The molecule has 2 amide bonds. The third kappa shape index (κ3) is 5.08. The lowest BCUT2D eigenvalue weighted by atomic mass is 9.93. The second-order valence-electron chi connectivity index (χ2n) is 7.62. The highest BCUT2D eigenvalue weighted by Gasteiger charge is 2.33. The van der Waals surface area contributed by atoms with Crippen molar-refractivity contribution in [3.05, 3.63) is 35.6 Å². The third-order valence-corrected chi connectivity index (χ3v) is 5.80. The topological polar surface area (TPSA) is 61.9 Å². The van der Waals surface area contributed by atoms with Gasteiger partial charge in [-0.2, -0.15) is 0 Å². The summed E-state index contributed by atoms with van der Waals surface area (Å²) < 4.78 is 18.9. The quantitative estimate of drug-likeness (QED) is 0.753. The molecule has 1 atom stereocenters. The molecule has 154 valence electrons. The Hall–Kier alpha value is -1.99. The molecular weight excluding hydrogens is 361 g/mol. The molecule has 2 saturated heterocycles. The molecule has 2 aliphatic rings. The van der Waals surface area contributed by atoms with Gasteiger partial charge < -0.3 is 15.0 Å². The minimum absolute atomic E-state index is 0.0173. The Bertz CT molecular complexity index is 677. The van der Waals surface area contributed by atoms with Crippen molar-refractivity contribution < 1.29 is 18.7 Å². The highest BCUT2D eigenvalue weighted by Crippen LogP contribution is 2.25. The number of rotatable bonds is 6. The normalized spacial score (nSPS) is 21.5. The minimum Gasteiger partial charge on any atom is -0.383 e. The summed E-state index contributed by atoms with van der Waals surface area (Å²) in [6.45, 7) is 4.08. The van der Waals surface area contributed by atoms with E-state index in [1.54, 1.807) is 30.2 Å². The number of amides is 2. The van der Waals surface area contributed by atoms with Crippen molar-refractivity contribution in [1.82, 2.24) is 15.1 Å². The molecule has 6 nitrogen and oxygen atoms in total. The lowest BCUT2D eigenvalue weighted by Gasteiger charge is -2.42. The number of likely N-dealkylation sites (tertiary alicyclic amines) is 2. The number of benzene rings is 1. The number of nitrogens with one attached hydrogen (secondary N) is 1. The molecule has 1 aromatic carbocycles. The fourth-order valence-corrected chi connectivity index (χ4v) is 4.21. The second-order valence-corrected chi connectivity index (χ2v) is 7.62. The Labute approximate surface area is 166 Å². The van der Waals surface area contributed by atoms with Crippen molar-refractivity contribution in [2.45, 2.75) is 31.7 Å². The molecule has 0 saturated carbocycles. The van der Waals surface area contributed by atoms with E-state index in [-0.39, 0.29) is 23.3 Å². The van der Waals surface area contributed by atoms with Crippen LogP contribution in [0.1, 0.15) is 36.0 Å². The van der Waals surface area contributed by atoms with Crippen molar-refractivity contribution >= 4 is 11.8 Å². The number of halogens is 1. The molecule has 2 heterocycles. The number of carbonyl (C=O) groups excluding carboxylic acids is 2. The first-order valence-electron chi connectivity index (χ1n) is 10.1. The van der Waals surface area contributed by atoms with Crippen LogP contribution >= 0.6 is 0 Å². The van der Waals surface area contributed by atoms with Crippen LogP contribution in [0.3, 0.4) is 0 Å². The first-order chi connectivity index (χ1) is 13.6. The Balaban J connectivity index is 1.49. The van der Waals surface area contributed by atoms with Crippen LogP contribution in [0.5, 0.6) is 0 Å². The van der Waals surface area contributed by atoms with E-state index in [0.717, 1.165) is 38.8 Å². The summed E-state index contributed by atoms with van der Waals surface area (Å²) in [7, 11) is 1.62. The zero-order valence-electron chi connectivity index (χ0n) is 16.5. The van der Waals surface area contributed by atoms with Gasteiger partial charge in [-0.1, -0.05) is 12.1 Å². The van der Waals surface area contributed by atoms with Crippen LogP contribution in [0.15, 0.2) is 24.3 Å². The smallest absolute Gasteiger partial charge is 0.256 e. The first kappa shape index (κ1) is 20.7. The molecule has 3 rings (SSSR count). The van der Waals surface area contributed by atoms with E-state index in [2.05, 4.69) is 10.2 Å². The summed E-state index contributed by atoms with van der Waals surface area (Å²) in [5.41, 5.74) is 0.145. The van der Waals surface area contributed by atoms with Crippen LogP contribution < -0.4 is 5.32 Å². The van der Waals surface area contributed by atoms with E-state index in [1.165, 1.54) is 6.07 Å². The van der Waals surface area contributed by atoms with Gasteiger partial charge >= 0.3 is 0 Å². The summed E-state index contributed by atoms with van der Waals surface area (Å²) in [6, 6.07) is 6.52. The number of methoxy groups -OCH3 is 1. The van der Waals surface area contributed by atoms with Gasteiger partial charge in [-0.25, -0.2) is 4.39 Å². The molecule has 2 fully saturated rings. The van der Waals surface area contributed by atoms with Gasteiger partial charge in [0.2, 0.25) is 5.91 Å². The number of piperidine rings is 2. The third-order valence-electron chi connectivity index (χ3n) is 5.80. The van der Waals surface area contributed by atoms with Crippen LogP contribution in [0.25, 0.3) is 0 Å². The van der Waals surface area contributed by atoms with E-state index in [4.69, 9.17) is 4.74 Å². The van der Waals surface area contributed by atoms with Crippen LogP contribution in [0, 0.1) is 11.7 Å². The average molecular weight is 391 g/mol. The van der Waals surface area contributed by atoms with Gasteiger partial charge in [0.15, 0.2) is 0 Å². The molecule has 0 bridgehead atoms. The van der Waals surface area contributed by atoms with Crippen molar-refractivity contribution in [3.8, 4) is 0 Å². The molecule has 0 aromatic heterocycles. The van der Waals surface area contributed by atoms with Gasteiger partial charge in [0.05, 0.1) is 18.1 Å². The van der Waals surface area contributed by atoms with Crippen molar-refractivity contribution in [2.24, 2.45) is 5.92 Å². The van der Waals surface area contributed by atoms with Crippen molar-refractivity contribution in [2.75, 3.05) is 46.4 Å². The van der Waals surface area contributed by atoms with Crippen LogP contribution in [-0.2, 0) is 9.53 Å². The van der Waals surface area contributed by atoms with Gasteiger partial charge in [-0.05, 0) is 44.4 Å².